The van der Waals surface area contributed by atoms with Crippen LogP contribution in [-0.2, 0) is 11.2 Å². The Hall–Kier alpha value is -3.81. The summed E-state index contributed by atoms with van der Waals surface area (Å²) in [5, 5.41) is 7.25. The highest BCUT2D eigenvalue weighted by atomic mass is 19.1. The lowest BCUT2D eigenvalue weighted by molar-refractivity contribution is -0.123. The third kappa shape index (κ3) is 4.60. The van der Waals surface area contributed by atoms with Gasteiger partial charge in [0.05, 0.1) is 0 Å². The molecule has 0 atom stereocenters. The van der Waals surface area contributed by atoms with Gasteiger partial charge >= 0.3 is 0 Å². The number of carbonyl (C=O) groups excluding carboxylic acids is 1. The third-order valence-electron chi connectivity index (χ3n) is 4.50. The average Bonchev–Trinajstić information content (AvgIpc) is 3.21. The summed E-state index contributed by atoms with van der Waals surface area (Å²) in [4.78, 5) is 20.3. The van der Waals surface area contributed by atoms with E-state index < -0.39 is 0 Å². The van der Waals surface area contributed by atoms with Gasteiger partial charge in [0.1, 0.15) is 23.2 Å². The molecule has 1 amide bonds. The van der Waals surface area contributed by atoms with Crippen LogP contribution in [0.2, 0.25) is 0 Å². The second-order valence-electron chi connectivity index (χ2n) is 6.62. The SMILES string of the molecule is O=C(COc1ncnc2onc(-c3ccc(F)cc3)c12)NCCCc1ccccc1. The summed E-state index contributed by atoms with van der Waals surface area (Å²) in [7, 11) is 0. The monoisotopic (exact) mass is 406 g/mol. The van der Waals surface area contributed by atoms with E-state index in [1.807, 2.05) is 18.2 Å². The van der Waals surface area contributed by atoms with Gasteiger partial charge < -0.3 is 14.6 Å². The molecule has 2 heterocycles. The Kier molecular flexibility index (Phi) is 5.93. The Bertz CT molecular complexity index is 1130. The number of aryl methyl sites for hydroxylation is 1. The van der Waals surface area contributed by atoms with Crippen LogP contribution in [0.3, 0.4) is 0 Å². The Balaban J connectivity index is 1.37. The molecule has 7 nitrogen and oxygen atoms in total. The highest BCUT2D eigenvalue weighted by Crippen LogP contribution is 2.32. The maximum Gasteiger partial charge on any atom is 0.265 e. The van der Waals surface area contributed by atoms with Crippen molar-refractivity contribution in [1.82, 2.24) is 20.4 Å². The minimum atomic E-state index is -0.358. The summed E-state index contributed by atoms with van der Waals surface area (Å²) in [5.41, 5.74) is 2.50. The Morgan fingerprint density at radius 3 is 2.67 bits per heavy atom. The van der Waals surface area contributed by atoms with Crippen LogP contribution < -0.4 is 10.1 Å². The molecule has 0 unspecified atom stereocenters. The zero-order valence-corrected chi connectivity index (χ0v) is 16.0. The smallest absolute Gasteiger partial charge is 0.265 e. The maximum atomic E-state index is 13.2. The number of amides is 1. The molecule has 2 aromatic heterocycles. The number of ether oxygens (including phenoxy) is 1. The van der Waals surface area contributed by atoms with Gasteiger partial charge in [-0.05, 0) is 42.7 Å². The van der Waals surface area contributed by atoms with Gasteiger partial charge in [-0.25, -0.2) is 9.37 Å². The summed E-state index contributed by atoms with van der Waals surface area (Å²) in [6.45, 7) is 0.343. The first-order valence-corrected chi connectivity index (χ1v) is 9.50. The molecular formula is C22H19FN4O3. The topological polar surface area (TPSA) is 90.1 Å². The van der Waals surface area contributed by atoms with Crippen LogP contribution in [-0.4, -0.2) is 34.2 Å². The highest BCUT2D eigenvalue weighted by Gasteiger charge is 2.18. The van der Waals surface area contributed by atoms with Crippen LogP contribution in [0.1, 0.15) is 12.0 Å². The number of hydrogen-bond donors (Lipinski definition) is 1. The second-order valence-corrected chi connectivity index (χ2v) is 6.62. The predicted octanol–water partition coefficient (Wildman–Crippen LogP) is 3.55. The number of hydrogen-bond acceptors (Lipinski definition) is 6. The summed E-state index contributed by atoms with van der Waals surface area (Å²) < 4.78 is 24.0. The molecule has 0 spiro atoms. The van der Waals surface area contributed by atoms with E-state index in [1.165, 1.54) is 24.0 Å². The van der Waals surface area contributed by atoms with Gasteiger partial charge in [-0.2, -0.15) is 4.98 Å². The molecule has 0 saturated carbocycles. The van der Waals surface area contributed by atoms with Crippen molar-refractivity contribution in [3.8, 4) is 17.1 Å². The van der Waals surface area contributed by atoms with E-state index in [2.05, 4.69) is 32.6 Å². The fourth-order valence-corrected chi connectivity index (χ4v) is 3.02. The summed E-state index contributed by atoms with van der Waals surface area (Å²) in [6.07, 6.45) is 2.99. The molecule has 0 bridgehead atoms. The highest BCUT2D eigenvalue weighted by molar-refractivity contribution is 5.93. The molecule has 4 rings (SSSR count). The minimum Gasteiger partial charge on any atom is -0.467 e. The zero-order chi connectivity index (χ0) is 20.8. The first-order valence-electron chi connectivity index (χ1n) is 9.50. The molecule has 1 N–H and O–H groups in total. The van der Waals surface area contributed by atoms with Crippen LogP contribution in [0.25, 0.3) is 22.4 Å². The first kappa shape index (κ1) is 19.5. The van der Waals surface area contributed by atoms with Gasteiger partial charge in [0.25, 0.3) is 11.6 Å². The number of nitrogens with one attached hydrogen (secondary N) is 1. The van der Waals surface area contributed by atoms with Crippen molar-refractivity contribution < 1.29 is 18.4 Å². The van der Waals surface area contributed by atoms with E-state index in [0.717, 1.165) is 12.8 Å². The molecule has 0 fully saturated rings. The van der Waals surface area contributed by atoms with Gasteiger partial charge in [-0.1, -0.05) is 35.5 Å². The zero-order valence-electron chi connectivity index (χ0n) is 16.0. The lowest BCUT2D eigenvalue weighted by atomic mass is 10.1. The standard InChI is InChI=1S/C22H19FN4O3/c23-17-10-8-16(9-11-17)20-19-21(25-14-26-22(19)30-27-20)29-13-18(28)24-12-4-7-15-5-2-1-3-6-15/h1-3,5-6,8-11,14H,4,7,12-13H2,(H,24,28). The van der Waals surface area contributed by atoms with Crippen molar-refractivity contribution in [3.63, 3.8) is 0 Å². The molecule has 4 aromatic rings. The van der Waals surface area contributed by atoms with E-state index in [4.69, 9.17) is 9.26 Å². The quantitative estimate of drug-likeness (QED) is 0.450. The number of nitrogens with zero attached hydrogens (tertiary/aromatic N) is 3. The van der Waals surface area contributed by atoms with Crippen molar-refractivity contribution in [3.05, 3.63) is 72.3 Å². The van der Waals surface area contributed by atoms with Crippen LogP contribution in [0.5, 0.6) is 5.88 Å². The van der Waals surface area contributed by atoms with Crippen LogP contribution >= 0.6 is 0 Å². The molecular weight excluding hydrogens is 387 g/mol. The maximum absolute atomic E-state index is 13.2. The van der Waals surface area contributed by atoms with Crippen LogP contribution in [0.4, 0.5) is 4.39 Å². The number of halogens is 1. The van der Waals surface area contributed by atoms with Crippen LogP contribution in [0.15, 0.2) is 65.4 Å². The summed E-state index contributed by atoms with van der Waals surface area (Å²) in [6, 6.07) is 15.9. The van der Waals surface area contributed by atoms with E-state index in [1.54, 1.807) is 12.1 Å². The largest absolute Gasteiger partial charge is 0.467 e. The third-order valence-corrected chi connectivity index (χ3v) is 4.50. The fraction of sp³-hybridized carbons (Fsp3) is 0.182. The molecule has 0 aliphatic rings. The van der Waals surface area contributed by atoms with Crippen LogP contribution in [0, 0.1) is 5.82 Å². The molecule has 152 valence electrons. The van der Waals surface area contributed by atoms with E-state index in [9.17, 15) is 9.18 Å². The fourth-order valence-electron chi connectivity index (χ4n) is 3.02. The molecule has 8 heteroatoms. The Morgan fingerprint density at radius 1 is 1.07 bits per heavy atom. The van der Waals surface area contributed by atoms with Crippen molar-refractivity contribution in [2.75, 3.05) is 13.2 Å². The minimum absolute atomic E-state index is 0.181. The number of fused-ring (bicyclic) bond motifs is 1. The normalized spacial score (nSPS) is 10.8. The Labute approximate surface area is 171 Å². The van der Waals surface area contributed by atoms with Crippen molar-refractivity contribution in [2.45, 2.75) is 12.8 Å². The van der Waals surface area contributed by atoms with Crippen molar-refractivity contribution in [1.29, 1.82) is 0 Å². The lowest BCUT2D eigenvalue weighted by Gasteiger charge is -2.08. The van der Waals surface area contributed by atoms with Crippen molar-refractivity contribution in [2.24, 2.45) is 0 Å². The molecule has 0 aliphatic heterocycles. The Morgan fingerprint density at radius 2 is 1.87 bits per heavy atom. The summed E-state index contributed by atoms with van der Waals surface area (Å²) >= 11 is 0. The van der Waals surface area contributed by atoms with E-state index >= 15 is 0 Å². The molecule has 0 saturated heterocycles. The number of rotatable bonds is 8. The van der Waals surface area contributed by atoms with Gasteiger partial charge in [-0.15, -0.1) is 0 Å². The van der Waals surface area contributed by atoms with Gasteiger partial charge in [-0.3, -0.25) is 4.79 Å². The average molecular weight is 406 g/mol. The molecule has 2 aromatic carbocycles. The lowest BCUT2D eigenvalue weighted by Crippen LogP contribution is -2.30. The number of carbonyl (C=O) groups is 1. The molecule has 0 radical (unpaired) electrons. The van der Waals surface area contributed by atoms with Crippen molar-refractivity contribution >= 4 is 17.0 Å². The van der Waals surface area contributed by atoms with E-state index in [-0.39, 0.29) is 29.9 Å². The molecule has 30 heavy (non-hydrogen) atoms. The predicted molar refractivity (Wildman–Crippen MR) is 108 cm³/mol. The first-order chi connectivity index (χ1) is 14.7. The number of benzene rings is 2. The van der Waals surface area contributed by atoms with Gasteiger partial charge in [0, 0.05) is 12.1 Å². The summed E-state index contributed by atoms with van der Waals surface area (Å²) in [5.74, 6) is -0.433. The number of aromatic nitrogens is 3. The second kappa shape index (κ2) is 9.13. The van der Waals surface area contributed by atoms with E-state index in [0.29, 0.717) is 23.2 Å². The van der Waals surface area contributed by atoms with Gasteiger partial charge in [0.2, 0.25) is 5.88 Å². The van der Waals surface area contributed by atoms with Gasteiger partial charge in [0.15, 0.2) is 6.61 Å². The molecule has 0 aliphatic carbocycles.